The van der Waals surface area contributed by atoms with Gasteiger partial charge in [-0.15, -0.1) is 0 Å². The molecule has 0 aromatic heterocycles. The SMILES string of the molecule is CCCCOc1ccc(C(=O)N2CCNC(=O)C2CC(=O)OCCc2ccccc2)cc1. The number of carbonyl (C=O) groups is 3. The lowest BCUT2D eigenvalue weighted by Crippen LogP contribution is -2.57. The molecule has 1 heterocycles. The number of unbranched alkanes of at least 4 members (excludes halogenated alkanes) is 1. The second-order valence-corrected chi connectivity index (χ2v) is 7.69. The molecule has 0 saturated carbocycles. The third-order valence-electron chi connectivity index (χ3n) is 5.32. The average Bonchev–Trinajstić information content (AvgIpc) is 2.81. The Morgan fingerprint density at radius 1 is 1.06 bits per heavy atom. The second-order valence-electron chi connectivity index (χ2n) is 7.69. The highest BCUT2D eigenvalue weighted by atomic mass is 16.5. The fraction of sp³-hybridized carbons (Fsp3) is 0.400. The van der Waals surface area contributed by atoms with Crippen molar-refractivity contribution in [2.45, 2.75) is 38.6 Å². The van der Waals surface area contributed by atoms with Crippen LogP contribution in [-0.4, -0.2) is 55.0 Å². The average molecular weight is 439 g/mol. The van der Waals surface area contributed by atoms with Crippen molar-refractivity contribution < 1.29 is 23.9 Å². The predicted molar refractivity (Wildman–Crippen MR) is 120 cm³/mol. The van der Waals surface area contributed by atoms with Crippen LogP contribution in [0.3, 0.4) is 0 Å². The summed E-state index contributed by atoms with van der Waals surface area (Å²) in [6, 6.07) is 15.7. The van der Waals surface area contributed by atoms with E-state index in [1.54, 1.807) is 24.3 Å². The predicted octanol–water partition coefficient (Wildman–Crippen LogP) is 2.98. The molecule has 1 aliphatic rings. The number of benzene rings is 2. The summed E-state index contributed by atoms with van der Waals surface area (Å²) >= 11 is 0. The highest BCUT2D eigenvalue weighted by molar-refractivity contribution is 5.99. The van der Waals surface area contributed by atoms with Crippen LogP contribution in [0.15, 0.2) is 54.6 Å². The topological polar surface area (TPSA) is 84.9 Å². The molecule has 0 spiro atoms. The van der Waals surface area contributed by atoms with E-state index in [-0.39, 0.29) is 24.8 Å². The van der Waals surface area contributed by atoms with Gasteiger partial charge in [-0.1, -0.05) is 43.7 Å². The largest absolute Gasteiger partial charge is 0.494 e. The molecule has 1 unspecified atom stereocenters. The molecular formula is C25H30N2O5. The first kappa shape index (κ1) is 23.3. The minimum absolute atomic E-state index is 0.176. The minimum atomic E-state index is -0.888. The summed E-state index contributed by atoms with van der Waals surface area (Å²) in [5.74, 6) is -0.434. The van der Waals surface area contributed by atoms with Gasteiger partial charge in [0.15, 0.2) is 0 Å². The summed E-state index contributed by atoms with van der Waals surface area (Å²) in [7, 11) is 0. The molecule has 0 radical (unpaired) electrons. The second kappa shape index (κ2) is 11.9. The monoisotopic (exact) mass is 438 g/mol. The number of hydrogen-bond donors (Lipinski definition) is 1. The van der Waals surface area contributed by atoms with E-state index in [2.05, 4.69) is 12.2 Å². The number of hydrogen-bond acceptors (Lipinski definition) is 5. The number of carbonyl (C=O) groups excluding carboxylic acids is 3. The third kappa shape index (κ3) is 6.57. The Labute approximate surface area is 188 Å². The van der Waals surface area contributed by atoms with Gasteiger partial charge in [0.05, 0.1) is 19.6 Å². The lowest BCUT2D eigenvalue weighted by molar-refractivity contribution is -0.147. The summed E-state index contributed by atoms with van der Waals surface area (Å²) in [6.45, 7) is 3.63. The van der Waals surface area contributed by atoms with Crippen LogP contribution in [-0.2, 0) is 20.7 Å². The van der Waals surface area contributed by atoms with E-state index in [4.69, 9.17) is 9.47 Å². The zero-order valence-corrected chi connectivity index (χ0v) is 18.4. The van der Waals surface area contributed by atoms with Gasteiger partial charge in [0.2, 0.25) is 5.91 Å². The van der Waals surface area contributed by atoms with Crippen molar-refractivity contribution in [3.8, 4) is 5.75 Å². The summed E-state index contributed by atoms with van der Waals surface area (Å²) in [6.07, 6.45) is 2.43. The number of piperazine rings is 1. The van der Waals surface area contributed by atoms with E-state index >= 15 is 0 Å². The maximum Gasteiger partial charge on any atom is 0.308 e. The first-order valence-corrected chi connectivity index (χ1v) is 11.1. The lowest BCUT2D eigenvalue weighted by Gasteiger charge is -2.34. The van der Waals surface area contributed by atoms with Crippen molar-refractivity contribution in [1.29, 1.82) is 0 Å². The van der Waals surface area contributed by atoms with E-state index < -0.39 is 12.0 Å². The summed E-state index contributed by atoms with van der Waals surface area (Å²) in [5, 5.41) is 2.73. The zero-order chi connectivity index (χ0) is 22.8. The fourth-order valence-electron chi connectivity index (χ4n) is 3.50. The van der Waals surface area contributed by atoms with Crippen LogP contribution in [0.25, 0.3) is 0 Å². The van der Waals surface area contributed by atoms with Crippen molar-refractivity contribution >= 4 is 17.8 Å². The molecule has 1 fully saturated rings. The summed E-state index contributed by atoms with van der Waals surface area (Å²) in [4.78, 5) is 39.3. The number of nitrogens with one attached hydrogen (secondary N) is 1. The Morgan fingerprint density at radius 3 is 2.53 bits per heavy atom. The molecule has 2 aromatic rings. The molecule has 1 N–H and O–H groups in total. The van der Waals surface area contributed by atoms with E-state index in [1.807, 2.05) is 30.3 Å². The molecule has 1 atom stereocenters. The quantitative estimate of drug-likeness (QED) is 0.455. The molecule has 0 bridgehead atoms. The molecule has 1 aliphatic heterocycles. The van der Waals surface area contributed by atoms with Crippen LogP contribution >= 0.6 is 0 Å². The van der Waals surface area contributed by atoms with Crippen LogP contribution in [0.2, 0.25) is 0 Å². The fourth-order valence-corrected chi connectivity index (χ4v) is 3.50. The maximum absolute atomic E-state index is 13.1. The molecule has 32 heavy (non-hydrogen) atoms. The van der Waals surface area contributed by atoms with Gasteiger partial charge < -0.3 is 19.7 Å². The van der Waals surface area contributed by atoms with Crippen molar-refractivity contribution in [2.75, 3.05) is 26.3 Å². The number of esters is 1. The van der Waals surface area contributed by atoms with Gasteiger partial charge in [0.1, 0.15) is 11.8 Å². The Morgan fingerprint density at radius 2 is 1.81 bits per heavy atom. The van der Waals surface area contributed by atoms with Crippen molar-refractivity contribution in [1.82, 2.24) is 10.2 Å². The Balaban J connectivity index is 1.57. The number of rotatable bonds is 10. The molecule has 170 valence electrons. The molecule has 7 nitrogen and oxygen atoms in total. The van der Waals surface area contributed by atoms with E-state index in [9.17, 15) is 14.4 Å². The van der Waals surface area contributed by atoms with E-state index in [1.165, 1.54) is 4.90 Å². The minimum Gasteiger partial charge on any atom is -0.494 e. The van der Waals surface area contributed by atoms with Crippen LogP contribution in [0.1, 0.15) is 42.1 Å². The Hall–Kier alpha value is -3.35. The van der Waals surface area contributed by atoms with Crippen molar-refractivity contribution in [2.24, 2.45) is 0 Å². The summed E-state index contributed by atoms with van der Waals surface area (Å²) in [5.41, 5.74) is 1.51. The van der Waals surface area contributed by atoms with Gasteiger partial charge >= 0.3 is 5.97 Å². The highest BCUT2D eigenvalue weighted by Crippen LogP contribution is 2.18. The zero-order valence-electron chi connectivity index (χ0n) is 18.4. The summed E-state index contributed by atoms with van der Waals surface area (Å²) < 4.78 is 11.0. The van der Waals surface area contributed by atoms with Gasteiger partial charge in [0, 0.05) is 25.1 Å². The Bertz CT molecular complexity index is 898. The molecule has 0 aliphatic carbocycles. The Kier molecular flexibility index (Phi) is 8.66. The molecule has 7 heteroatoms. The van der Waals surface area contributed by atoms with Gasteiger partial charge in [-0.2, -0.15) is 0 Å². The van der Waals surface area contributed by atoms with Gasteiger partial charge in [0.25, 0.3) is 5.91 Å². The first-order chi connectivity index (χ1) is 15.6. The molecule has 2 amide bonds. The smallest absolute Gasteiger partial charge is 0.308 e. The molecule has 2 aromatic carbocycles. The van der Waals surface area contributed by atoms with Crippen LogP contribution < -0.4 is 10.1 Å². The lowest BCUT2D eigenvalue weighted by atomic mass is 10.1. The van der Waals surface area contributed by atoms with Crippen LogP contribution in [0, 0.1) is 0 Å². The third-order valence-corrected chi connectivity index (χ3v) is 5.32. The van der Waals surface area contributed by atoms with E-state index in [0.717, 1.165) is 18.4 Å². The number of nitrogens with zero attached hydrogens (tertiary/aromatic N) is 1. The van der Waals surface area contributed by atoms with Gasteiger partial charge in [-0.3, -0.25) is 14.4 Å². The van der Waals surface area contributed by atoms with Crippen LogP contribution in [0.5, 0.6) is 5.75 Å². The van der Waals surface area contributed by atoms with Crippen molar-refractivity contribution in [3.05, 3.63) is 65.7 Å². The van der Waals surface area contributed by atoms with Gasteiger partial charge in [-0.05, 0) is 36.2 Å². The van der Waals surface area contributed by atoms with Crippen LogP contribution in [0.4, 0.5) is 0 Å². The first-order valence-electron chi connectivity index (χ1n) is 11.1. The van der Waals surface area contributed by atoms with E-state index in [0.29, 0.717) is 37.4 Å². The van der Waals surface area contributed by atoms with Crippen molar-refractivity contribution in [3.63, 3.8) is 0 Å². The molecule has 3 rings (SSSR count). The number of ether oxygens (including phenoxy) is 2. The standard InChI is InChI=1S/C25H30N2O5/c1-2-3-16-31-21-11-9-20(10-12-21)25(30)27-15-14-26-24(29)22(27)18-23(28)32-17-13-19-7-5-4-6-8-19/h4-12,22H,2-3,13-18H2,1H3,(H,26,29). The normalized spacial score (nSPS) is 15.7. The molecule has 1 saturated heterocycles. The molecular weight excluding hydrogens is 408 g/mol. The number of amides is 2. The maximum atomic E-state index is 13.1. The highest BCUT2D eigenvalue weighted by Gasteiger charge is 2.35. The van der Waals surface area contributed by atoms with Gasteiger partial charge in [-0.25, -0.2) is 0 Å².